The number of urea groups is 1. The summed E-state index contributed by atoms with van der Waals surface area (Å²) in [5.41, 5.74) is 6.38. The fourth-order valence-electron chi connectivity index (χ4n) is 5.58. The molecule has 0 spiro atoms. The first-order valence-electron chi connectivity index (χ1n) is 12.8. The monoisotopic (exact) mass is 545 g/mol. The largest absolute Gasteiger partial charge is 0.465 e. The maximum absolute atomic E-state index is 14.2. The van der Waals surface area contributed by atoms with E-state index in [1.54, 1.807) is 18.2 Å². The first-order valence-corrected chi connectivity index (χ1v) is 14.0. The molecule has 4 aromatic rings. The lowest BCUT2D eigenvalue weighted by atomic mass is 9.95. The fourth-order valence-corrected chi connectivity index (χ4v) is 7.16. The van der Waals surface area contributed by atoms with E-state index in [0.717, 1.165) is 36.1 Å². The number of anilines is 1. The summed E-state index contributed by atoms with van der Waals surface area (Å²) in [6.45, 7) is 2.52. The molecule has 1 unspecified atom stereocenters. The van der Waals surface area contributed by atoms with Crippen LogP contribution in [0.25, 0.3) is 5.00 Å². The molecule has 6 rings (SSSR count). The molecule has 8 heteroatoms. The summed E-state index contributed by atoms with van der Waals surface area (Å²) in [4.78, 5) is 30.0. The van der Waals surface area contributed by atoms with Crippen molar-refractivity contribution in [3.05, 3.63) is 104 Å². The number of ether oxygens (including phenoxy) is 1. The number of hydrogen-bond donors (Lipinski definition) is 1. The molecule has 0 radical (unpaired) electrons. The Morgan fingerprint density at radius 3 is 2.63 bits per heavy atom. The molecule has 1 aliphatic carbocycles. The highest BCUT2D eigenvalue weighted by molar-refractivity contribution is 7.15. The number of fused-ring (bicyclic) bond motifs is 5. The molecule has 1 atom stereocenters. The van der Waals surface area contributed by atoms with Crippen LogP contribution in [0, 0.1) is 6.92 Å². The summed E-state index contributed by atoms with van der Waals surface area (Å²) in [7, 11) is 1.32. The maximum Gasteiger partial charge on any atom is 0.339 e. The summed E-state index contributed by atoms with van der Waals surface area (Å²) in [5.74, 6) is -0.536. The average molecular weight is 546 g/mol. The Balaban J connectivity index is 1.49. The van der Waals surface area contributed by atoms with Gasteiger partial charge in [-0.2, -0.15) is 0 Å². The Labute approximate surface area is 230 Å². The molecular weight excluding hydrogens is 518 g/mol. The molecule has 2 aromatic carbocycles. The minimum atomic E-state index is -0.536. The summed E-state index contributed by atoms with van der Waals surface area (Å²) < 4.78 is 7.21. The number of carbonyl (C=O) groups is 2. The number of nitrogens with one attached hydrogen (secondary N) is 1. The summed E-state index contributed by atoms with van der Waals surface area (Å²) in [6, 6.07) is 16.6. The van der Waals surface area contributed by atoms with E-state index in [0.29, 0.717) is 17.3 Å². The van der Waals surface area contributed by atoms with Crippen molar-refractivity contribution in [2.75, 3.05) is 12.4 Å². The lowest BCUT2D eigenvalue weighted by Gasteiger charge is -2.31. The molecule has 0 fully saturated rings. The van der Waals surface area contributed by atoms with Crippen LogP contribution >= 0.6 is 22.9 Å². The predicted octanol–water partition coefficient (Wildman–Crippen LogP) is 7.30. The molecule has 0 saturated heterocycles. The summed E-state index contributed by atoms with van der Waals surface area (Å²) >= 11 is 8.12. The first kappa shape index (κ1) is 24.8. The molecule has 1 N–H and O–H groups in total. The number of nitrogens with zero attached hydrogens (tertiary/aromatic N) is 2. The normalized spacial score (nSPS) is 16.2. The van der Waals surface area contributed by atoms with Gasteiger partial charge >= 0.3 is 12.0 Å². The highest BCUT2D eigenvalue weighted by Gasteiger charge is 2.36. The van der Waals surface area contributed by atoms with Crippen molar-refractivity contribution in [1.82, 2.24) is 9.47 Å². The van der Waals surface area contributed by atoms with Crippen LogP contribution < -0.4 is 5.32 Å². The number of thiophene rings is 1. The predicted molar refractivity (Wildman–Crippen MR) is 151 cm³/mol. The average Bonchev–Trinajstić information content (AvgIpc) is 3.51. The van der Waals surface area contributed by atoms with Gasteiger partial charge in [-0.05, 0) is 74.1 Å². The summed E-state index contributed by atoms with van der Waals surface area (Å²) in [6.07, 6.45) is 6.58. The van der Waals surface area contributed by atoms with Gasteiger partial charge in [0.2, 0.25) is 0 Å². The van der Waals surface area contributed by atoms with Crippen LogP contribution in [0.3, 0.4) is 0 Å². The second-order valence-corrected chi connectivity index (χ2v) is 11.4. The van der Waals surface area contributed by atoms with E-state index < -0.39 is 5.97 Å². The Bertz CT molecular complexity index is 1540. The third-order valence-electron chi connectivity index (χ3n) is 7.46. The van der Waals surface area contributed by atoms with Crippen LogP contribution in [0.5, 0.6) is 0 Å². The molecule has 0 bridgehead atoms. The molecule has 2 amide bonds. The van der Waals surface area contributed by atoms with Crippen LogP contribution in [-0.2, 0) is 24.1 Å². The molecule has 3 heterocycles. The zero-order valence-electron chi connectivity index (χ0n) is 21.3. The van der Waals surface area contributed by atoms with E-state index in [2.05, 4.69) is 53.3 Å². The van der Waals surface area contributed by atoms with Gasteiger partial charge in [0, 0.05) is 21.7 Å². The standard InChI is InChI=1S/C30H28ClN3O3S/c1-18-9-11-19(12-10-18)27-25-7-5-15-33(25)28-23(21-6-3-4-8-26(21)38-28)17-34(27)30(36)32-24-16-20(31)13-14-22(24)29(35)37-2/h5,7,9-16,27H,3-4,6,8,17H2,1-2H3,(H,32,36). The van der Waals surface area contributed by atoms with E-state index in [4.69, 9.17) is 16.3 Å². The van der Waals surface area contributed by atoms with Crippen molar-refractivity contribution in [2.45, 2.75) is 45.2 Å². The van der Waals surface area contributed by atoms with E-state index in [1.165, 1.54) is 34.5 Å². The van der Waals surface area contributed by atoms with Crippen molar-refractivity contribution in [1.29, 1.82) is 0 Å². The third kappa shape index (κ3) is 4.29. The fraction of sp³-hybridized carbons (Fsp3) is 0.267. The molecule has 38 heavy (non-hydrogen) atoms. The van der Waals surface area contributed by atoms with Crippen molar-refractivity contribution >= 4 is 40.6 Å². The van der Waals surface area contributed by atoms with Gasteiger partial charge in [0.05, 0.1) is 36.6 Å². The van der Waals surface area contributed by atoms with Crippen LogP contribution in [-0.4, -0.2) is 28.6 Å². The quantitative estimate of drug-likeness (QED) is 0.275. The second-order valence-electron chi connectivity index (χ2n) is 9.85. The Morgan fingerprint density at radius 1 is 1.05 bits per heavy atom. The van der Waals surface area contributed by atoms with Gasteiger partial charge < -0.3 is 19.5 Å². The second kappa shape index (κ2) is 9.97. The highest BCUT2D eigenvalue weighted by Crippen LogP contribution is 2.44. The van der Waals surface area contributed by atoms with Gasteiger partial charge in [0.1, 0.15) is 5.00 Å². The number of benzene rings is 2. The number of methoxy groups -OCH3 is 1. The SMILES string of the molecule is COC(=O)c1ccc(Cl)cc1NC(=O)N1Cc2c(sc3c2CCCC3)-n2cccc2C1c1ccc(C)cc1. The van der Waals surface area contributed by atoms with Gasteiger partial charge in [0.15, 0.2) is 0 Å². The number of aromatic nitrogens is 1. The van der Waals surface area contributed by atoms with E-state index in [-0.39, 0.29) is 17.6 Å². The van der Waals surface area contributed by atoms with E-state index in [1.807, 2.05) is 22.3 Å². The van der Waals surface area contributed by atoms with Gasteiger partial charge in [-0.1, -0.05) is 41.4 Å². The number of halogens is 1. The molecule has 2 aliphatic rings. The van der Waals surface area contributed by atoms with Crippen LogP contribution in [0.2, 0.25) is 5.02 Å². The van der Waals surface area contributed by atoms with Gasteiger partial charge in [-0.25, -0.2) is 9.59 Å². The third-order valence-corrected chi connectivity index (χ3v) is 9.03. The molecule has 0 saturated carbocycles. The van der Waals surface area contributed by atoms with Gasteiger partial charge in [-0.15, -0.1) is 11.3 Å². The number of carbonyl (C=O) groups excluding carboxylic acids is 2. The number of aryl methyl sites for hydroxylation is 2. The number of hydrogen-bond acceptors (Lipinski definition) is 4. The first-order chi connectivity index (χ1) is 18.4. The smallest absolute Gasteiger partial charge is 0.339 e. The topological polar surface area (TPSA) is 63.6 Å². The maximum atomic E-state index is 14.2. The molecule has 194 valence electrons. The molecule has 1 aliphatic heterocycles. The van der Waals surface area contributed by atoms with Crippen molar-refractivity contribution < 1.29 is 14.3 Å². The minimum absolute atomic E-state index is 0.254. The Morgan fingerprint density at radius 2 is 1.84 bits per heavy atom. The molecule has 2 aromatic heterocycles. The Hall–Kier alpha value is -3.55. The number of amides is 2. The number of esters is 1. The van der Waals surface area contributed by atoms with Gasteiger partial charge in [0.25, 0.3) is 0 Å². The van der Waals surface area contributed by atoms with E-state index in [9.17, 15) is 9.59 Å². The van der Waals surface area contributed by atoms with Crippen LogP contribution in [0.4, 0.5) is 10.5 Å². The van der Waals surface area contributed by atoms with Gasteiger partial charge in [-0.3, -0.25) is 0 Å². The van der Waals surface area contributed by atoms with Crippen molar-refractivity contribution in [3.63, 3.8) is 0 Å². The number of rotatable bonds is 3. The minimum Gasteiger partial charge on any atom is -0.465 e. The summed E-state index contributed by atoms with van der Waals surface area (Å²) in [5, 5.41) is 4.61. The Kier molecular flexibility index (Phi) is 6.50. The lowest BCUT2D eigenvalue weighted by molar-refractivity contribution is 0.0602. The highest BCUT2D eigenvalue weighted by atomic mass is 35.5. The molecular formula is C30H28ClN3O3S. The van der Waals surface area contributed by atoms with E-state index >= 15 is 0 Å². The van der Waals surface area contributed by atoms with Crippen LogP contribution in [0.1, 0.15) is 62.1 Å². The van der Waals surface area contributed by atoms with Crippen LogP contribution in [0.15, 0.2) is 60.8 Å². The molecule has 6 nitrogen and oxygen atoms in total. The zero-order valence-corrected chi connectivity index (χ0v) is 22.9. The lowest BCUT2D eigenvalue weighted by Crippen LogP contribution is -2.38. The zero-order chi connectivity index (χ0) is 26.4. The van der Waals surface area contributed by atoms with Crippen molar-refractivity contribution in [2.24, 2.45) is 0 Å². The van der Waals surface area contributed by atoms with Crippen molar-refractivity contribution in [3.8, 4) is 5.00 Å².